The van der Waals surface area contributed by atoms with Crippen molar-refractivity contribution >= 4 is 40.0 Å². The summed E-state index contributed by atoms with van der Waals surface area (Å²) in [5.74, 6) is 1.25. The number of nitrogens with zero attached hydrogens (tertiary/aromatic N) is 6. The molecule has 13 nitrogen and oxygen atoms in total. The van der Waals surface area contributed by atoms with Gasteiger partial charge >= 0.3 is 5.69 Å². The van der Waals surface area contributed by atoms with Crippen molar-refractivity contribution in [2.24, 2.45) is 14.1 Å². The smallest absolute Gasteiger partial charge is 0.332 e. The first-order valence-corrected chi connectivity index (χ1v) is 17.2. The zero-order valence-corrected chi connectivity index (χ0v) is 29.7. The van der Waals surface area contributed by atoms with Crippen LogP contribution in [0.15, 0.2) is 52.1 Å². The molecule has 0 unspecified atom stereocenters. The number of rotatable bonds is 6. The van der Waals surface area contributed by atoms with E-state index in [1.54, 1.807) is 21.1 Å². The molecule has 0 radical (unpaired) electrons. The summed E-state index contributed by atoms with van der Waals surface area (Å²) >= 11 is 7.23. The second-order valence-corrected chi connectivity index (χ2v) is 14.0. The van der Waals surface area contributed by atoms with Crippen molar-refractivity contribution in [1.29, 1.82) is 0 Å². The Morgan fingerprint density at radius 1 is 1.00 bits per heavy atom. The van der Waals surface area contributed by atoms with Gasteiger partial charge in [-0.2, -0.15) is 0 Å². The summed E-state index contributed by atoms with van der Waals surface area (Å²) in [5.41, 5.74) is 6.11. The number of aromatic nitrogens is 5. The lowest BCUT2D eigenvalue weighted by Gasteiger charge is -2.53. The largest absolute Gasteiger partial charge is 0.481 e. The molecule has 3 aromatic heterocycles. The van der Waals surface area contributed by atoms with Gasteiger partial charge in [0.25, 0.3) is 5.56 Å². The number of aryl methyl sites for hydroxylation is 3. The van der Waals surface area contributed by atoms with Crippen LogP contribution in [0.25, 0.3) is 33.4 Å². The minimum Gasteiger partial charge on any atom is -0.481 e. The van der Waals surface area contributed by atoms with E-state index in [2.05, 4.69) is 31.6 Å². The fraction of sp³-hybridized carbons (Fsp3) is 0.351. The van der Waals surface area contributed by atoms with Gasteiger partial charge < -0.3 is 20.1 Å². The lowest BCUT2D eigenvalue weighted by atomic mass is 9.89. The maximum Gasteiger partial charge on any atom is 0.332 e. The average Bonchev–Trinajstić information content (AvgIpc) is 3.53. The lowest BCUT2D eigenvalue weighted by Crippen LogP contribution is -2.70. The van der Waals surface area contributed by atoms with Gasteiger partial charge in [0.15, 0.2) is 5.65 Å². The topological polar surface area (TPSA) is 146 Å². The number of fused-ring (bicyclic) bond motifs is 2. The summed E-state index contributed by atoms with van der Waals surface area (Å²) in [7, 11) is 4.67. The Hall–Kier alpha value is -5.11. The van der Waals surface area contributed by atoms with Gasteiger partial charge in [0, 0.05) is 62.1 Å². The number of methoxy groups -OCH3 is 1. The molecule has 2 aliphatic heterocycles. The van der Waals surface area contributed by atoms with E-state index < -0.39 is 11.2 Å². The van der Waals surface area contributed by atoms with Gasteiger partial charge in [-0.1, -0.05) is 41.9 Å². The van der Waals surface area contributed by atoms with Crippen LogP contribution < -0.4 is 26.6 Å². The third kappa shape index (κ3) is 5.38. The molecule has 2 aromatic carbocycles. The van der Waals surface area contributed by atoms with Gasteiger partial charge in [-0.05, 0) is 55.5 Å². The molecule has 1 spiro atoms. The van der Waals surface area contributed by atoms with Crippen molar-refractivity contribution in [3.8, 4) is 28.3 Å². The lowest BCUT2D eigenvalue weighted by molar-refractivity contribution is -0.179. The van der Waals surface area contributed by atoms with Crippen molar-refractivity contribution < 1.29 is 14.3 Å². The molecule has 2 fully saturated rings. The standard InChI is InChI=1S/C37H37ClN8O5/c1-19-22(8-7-11-25(19)42-32-30-33(41-20(2)40-32)44(3)36(49)45(4)35(30)48)23-9-6-10-24(31(23)38)26-14-21-12-13-27(29(21)34(43-26)50-5)46-17-37(18-46)16-39-28(47)15-51-37/h6-11,14,27H,12-13,15-18H2,1-5H3,(H,39,47)(H,40,41,42)/t27-/m0/s1. The number of ether oxygens (including phenoxy) is 2. The van der Waals surface area contributed by atoms with Crippen LogP contribution >= 0.6 is 11.6 Å². The maximum atomic E-state index is 13.3. The van der Waals surface area contributed by atoms with E-state index in [1.165, 1.54) is 17.2 Å². The quantitative estimate of drug-likeness (QED) is 0.266. The highest BCUT2D eigenvalue weighted by Gasteiger charge is 2.50. The number of pyridine rings is 1. The first kappa shape index (κ1) is 33.1. The molecule has 0 bridgehead atoms. The second kappa shape index (κ2) is 12.3. The van der Waals surface area contributed by atoms with Crippen LogP contribution in [0.4, 0.5) is 11.5 Å². The zero-order chi connectivity index (χ0) is 35.8. The normalized spacial score (nSPS) is 18.1. The second-order valence-electron chi connectivity index (χ2n) is 13.6. The van der Waals surface area contributed by atoms with E-state index in [0.717, 1.165) is 69.7 Å². The Morgan fingerprint density at radius 3 is 2.49 bits per heavy atom. The van der Waals surface area contributed by atoms with Crippen molar-refractivity contribution in [2.75, 3.05) is 38.7 Å². The van der Waals surface area contributed by atoms with Crippen LogP contribution in [0.2, 0.25) is 5.02 Å². The van der Waals surface area contributed by atoms with E-state index in [-0.39, 0.29) is 35.2 Å². The van der Waals surface area contributed by atoms with E-state index in [4.69, 9.17) is 26.1 Å². The molecular formula is C37H37ClN8O5. The van der Waals surface area contributed by atoms with E-state index in [0.29, 0.717) is 29.1 Å². The number of carbonyl (C=O) groups is 1. The molecule has 14 heteroatoms. The van der Waals surface area contributed by atoms with Gasteiger partial charge in [-0.3, -0.25) is 23.6 Å². The average molecular weight is 709 g/mol. The molecule has 262 valence electrons. The van der Waals surface area contributed by atoms with Crippen LogP contribution in [-0.2, 0) is 30.0 Å². The fourth-order valence-corrected chi connectivity index (χ4v) is 8.05. The molecule has 3 aliphatic rings. The Labute approximate surface area is 298 Å². The number of carbonyl (C=O) groups excluding carboxylic acids is 1. The van der Waals surface area contributed by atoms with Gasteiger partial charge in [0.1, 0.15) is 29.2 Å². The number of benzene rings is 2. The van der Waals surface area contributed by atoms with Crippen molar-refractivity contribution in [3.63, 3.8) is 0 Å². The Balaban J connectivity index is 1.12. The third-order valence-electron chi connectivity index (χ3n) is 10.4. The molecular weight excluding hydrogens is 672 g/mol. The summed E-state index contributed by atoms with van der Waals surface area (Å²) in [6, 6.07) is 14.0. The van der Waals surface area contributed by atoms with Gasteiger partial charge in [-0.15, -0.1) is 0 Å². The van der Waals surface area contributed by atoms with Gasteiger partial charge in [0.2, 0.25) is 11.8 Å². The highest BCUT2D eigenvalue weighted by atomic mass is 35.5. The number of hydrogen-bond donors (Lipinski definition) is 2. The summed E-state index contributed by atoms with van der Waals surface area (Å²) < 4.78 is 14.2. The number of nitrogens with one attached hydrogen (secondary N) is 2. The number of anilines is 2. The number of morpholine rings is 1. The van der Waals surface area contributed by atoms with Gasteiger partial charge in [0.05, 0.1) is 17.8 Å². The number of hydrogen-bond acceptors (Lipinski definition) is 10. The summed E-state index contributed by atoms with van der Waals surface area (Å²) in [5, 5.41) is 7.06. The van der Waals surface area contributed by atoms with Crippen molar-refractivity contribution in [1.82, 2.24) is 34.3 Å². The molecule has 8 rings (SSSR count). The summed E-state index contributed by atoms with van der Waals surface area (Å²) in [6.07, 6.45) is 1.82. The first-order valence-electron chi connectivity index (χ1n) is 16.8. The Morgan fingerprint density at radius 2 is 1.75 bits per heavy atom. The van der Waals surface area contributed by atoms with Crippen LogP contribution in [0.5, 0.6) is 5.88 Å². The monoisotopic (exact) mass is 708 g/mol. The first-order chi connectivity index (χ1) is 24.5. The van der Waals surface area contributed by atoms with Crippen LogP contribution in [0.1, 0.15) is 35.0 Å². The number of halogens is 1. The van der Waals surface area contributed by atoms with E-state index in [1.807, 2.05) is 43.3 Å². The maximum absolute atomic E-state index is 13.3. The Kier molecular flexibility index (Phi) is 7.96. The molecule has 2 N–H and O–H groups in total. The van der Waals surface area contributed by atoms with Crippen molar-refractivity contribution in [3.05, 3.63) is 90.8 Å². The van der Waals surface area contributed by atoms with Crippen LogP contribution in [0.3, 0.4) is 0 Å². The highest BCUT2D eigenvalue weighted by molar-refractivity contribution is 6.36. The molecule has 5 aromatic rings. The Bertz CT molecular complexity index is 2390. The number of amides is 1. The van der Waals surface area contributed by atoms with Crippen LogP contribution in [0, 0.1) is 13.8 Å². The SMILES string of the molecule is COc1nc(-c2cccc(-c3cccc(Nc4nc(C)nc5c4c(=O)n(C)c(=O)n5C)c3C)c2Cl)cc2c1[C@@H](N1CC3(CNC(=O)CO3)C1)CC2. The third-order valence-corrected chi connectivity index (χ3v) is 10.8. The molecule has 5 heterocycles. The molecule has 1 atom stereocenters. The highest BCUT2D eigenvalue weighted by Crippen LogP contribution is 2.47. The minimum atomic E-state index is -0.481. The number of likely N-dealkylation sites (tertiary alicyclic amines) is 1. The molecule has 51 heavy (non-hydrogen) atoms. The summed E-state index contributed by atoms with van der Waals surface area (Å²) in [4.78, 5) is 53.8. The minimum absolute atomic E-state index is 0.0692. The van der Waals surface area contributed by atoms with Crippen LogP contribution in [-0.4, -0.2) is 73.8 Å². The predicted octanol–water partition coefficient (Wildman–Crippen LogP) is 3.97. The molecule has 1 amide bonds. The van der Waals surface area contributed by atoms with Crippen molar-refractivity contribution in [2.45, 2.75) is 38.3 Å². The molecule has 2 saturated heterocycles. The summed E-state index contributed by atoms with van der Waals surface area (Å²) in [6.45, 7) is 5.82. The molecule has 1 aliphatic carbocycles. The zero-order valence-electron chi connectivity index (χ0n) is 29.0. The van der Waals surface area contributed by atoms with E-state index in [9.17, 15) is 14.4 Å². The predicted molar refractivity (Wildman–Crippen MR) is 194 cm³/mol. The van der Waals surface area contributed by atoms with E-state index >= 15 is 0 Å². The van der Waals surface area contributed by atoms with Gasteiger partial charge in [-0.25, -0.2) is 19.7 Å². The molecule has 0 saturated carbocycles. The fourth-order valence-electron chi connectivity index (χ4n) is 7.72.